The average Bonchev–Trinajstić information content (AvgIpc) is 3.23. The Hall–Kier alpha value is -7.07. The second-order valence-corrected chi connectivity index (χ2v) is 16.2. The number of carboxylic acid groups (broad SMARTS) is 4. The minimum absolute atomic E-state index is 0.0100. The van der Waals surface area contributed by atoms with E-state index >= 15 is 0 Å². The number of carboxylic acids is 4. The molecule has 0 heterocycles. The number of nitrogens with two attached hydrogens (primary N) is 2. The fourth-order valence-corrected chi connectivity index (χ4v) is 5.44. The first kappa shape index (κ1) is 74.5. The van der Waals surface area contributed by atoms with Crippen molar-refractivity contribution < 1.29 is 129 Å². The first-order valence-electron chi connectivity index (χ1n) is 22.2. The summed E-state index contributed by atoms with van der Waals surface area (Å²) in [6, 6.07) is -4.17. The Kier molecular flexibility index (Phi) is 37.4. The molecular weight excluding hydrogens is 1050 g/mol. The largest absolute Gasteiger partial charge is 0.542 e. The van der Waals surface area contributed by atoms with Gasteiger partial charge in [-0.05, 0) is 66.7 Å². The highest BCUT2D eigenvalue weighted by atomic mass is 19.4. The third kappa shape index (κ3) is 43.1. The van der Waals surface area contributed by atoms with Crippen molar-refractivity contribution in [1.29, 1.82) is 0 Å². The molecule has 75 heavy (non-hydrogen) atoms. The highest BCUT2D eigenvalue weighted by Crippen LogP contribution is 2.16. The van der Waals surface area contributed by atoms with Gasteiger partial charge >= 0.3 is 30.5 Å². The van der Waals surface area contributed by atoms with Crippen LogP contribution >= 0.6 is 0 Å². The van der Waals surface area contributed by atoms with Crippen molar-refractivity contribution in [2.24, 2.45) is 17.4 Å². The third-order valence-corrected chi connectivity index (χ3v) is 8.82. The van der Waals surface area contributed by atoms with Crippen LogP contribution in [0.15, 0.2) is 0 Å². The number of amides is 6. The third-order valence-electron chi connectivity index (χ3n) is 8.82. The Morgan fingerprint density at radius 2 is 0.893 bits per heavy atom. The van der Waals surface area contributed by atoms with Gasteiger partial charge < -0.3 is 78.2 Å². The van der Waals surface area contributed by atoms with Crippen molar-refractivity contribution in [1.82, 2.24) is 31.9 Å². The van der Waals surface area contributed by atoms with E-state index in [0.29, 0.717) is 32.4 Å². The zero-order valence-corrected chi connectivity index (χ0v) is 41.4. The lowest BCUT2D eigenvalue weighted by Crippen LogP contribution is -2.78. The van der Waals surface area contributed by atoms with Gasteiger partial charge in [0.05, 0.1) is 19.0 Å². The van der Waals surface area contributed by atoms with Gasteiger partial charge in [0.1, 0.15) is 35.8 Å². The van der Waals surface area contributed by atoms with Crippen molar-refractivity contribution in [3.05, 3.63) is 0 Å². The maximum absolute atomic E-state index is 12.8. The van der Waals surface area contributed by atoms with Gasteiger partial charge in [0, 0.05) is 56.3 Å². The maximum Gasteiger partial charge on any atom is 0.430 e. The van der Waals surface area contributed by atoms with Crippen LogP contribution in [0.25, 0.3) is 0 Å². The molecule has 0 bridgehead atoms. The van der Waals surface area contributed by atoms with Gasteiger partial charge in [-0.1, -0.05) is 0 Å². The number of rotatable bonds is 28. The summed E-state index contributed by atoms with van der Waals surface area (Å²) in [7, 11) is 0. The molecule has 26 nitrogen and oxygen atoms in total. The van der Waals surface area contributed by atoms with E-state index in [1.54, 1.807) is 27.7 Å². The zero-order chi connectivity index (χ0) is 59.6. The van der Waals surface area contributed by atoms with Crippen LogP contribution in [0.3, 0.4) is 0 Å². The van der Waals surface area contributed by atoms with E-state index in [1.165, 1.54) is 6.92 Å². The topological polar surface area (TPSA) is 471 Å². The van der Waals surface area contributed by atoms with Gasteiger partial charge in [0.15, 0.2) is 6.54 Å². The van der Waals surface area contributed by atoms with E-state index in [-0.39, 0.29) is 62.7 Å². The fraction of sp³-hybridized carbons (Fsp3) is 0.700. The molecule has 6 amide bonds. The highest BCUT2D eigenvalue weighted by Gasteiger charge is 2.31. The predicted octanol–water partition coefficient (Wildman–Crippen LogP) is -8.10. The molecule has 0 spiro atoms. The summed E-state index contributed by atoms with van der Waals surface area (Å²) in [6.07, 6.45) is -13.4. The van der Waals surface area contributed by atoms with Crippen LogP contribution in [0, 0.1) is 5.92 Å². The van der Waals surface area contributed by atoms with E-state index in [0.717, 1.165) is 6.42 Å². The van der Waals surface area contributed by atoms with Crippen LogP contribution in [0.2, 0.25) is 0 Å². The standard InChI is InChI=1S/C34H63N11O9.3C2HF3O2/c1-19(13-25(46)17-24(33(53)54)9-6-7-11-35)40-27(47)14-20(2)41-28(48)15-21(3)42-29(49)16-22(4)43-31(51)23(5)44-32(52)26(45-30(50)18-36)10-8-12-39-34(37)38;3*3-2(4,5)1(6)7/h19-24,26H,6-18,35-36H2,1-5H3,(H,40,47)(H,41,48)(H,42,49)(H,43,51)(H,44,52)(H,45,50)(H,53,54)(H4,37,38,39);3*(H,6,7)/t19-,20-,21-,22-,23-,24+,26-;;;/m0.../s1. The first-order valence-corrected chi connectivity index (χ1v) is 22.2. The van der Waals surface area contributed by atoms with Crippen molar-refractivity contribution in [3.63, 3.8) is 0 Å². The molecule has 0 aromatic rings. The monoisotopic (exact) mass is 1110 g/mol. The van der Waals surface area contributed by atoms with Crippen molar-refractivity contribution >= 4 is 71.1 Å². The first-order chi connectivity index (χ1) is 34.1. The summed E-state index contributed by atoms with van der Waals surface area (Å²) in [5, 5.41) is 51.7. The van der Waals surface area contributed by atoms with Crippen LogP contribution in [0.4, 0.5) is 39.5 Å². The van der Waals surface area contributed by atoms with Gasteiger partial charge in [0.2, 0.25) is 29.5 Å². The van der Waals surface area contributed by atoms with Crippen LogP contribution in [-0.4, -0.2) is 151 Å². The average molecular weight is 1110 g/mol. The zero-order valence-electron chi connectivity index (χ0n) is 41.4. The number of hydrogen-bond acceptors (Lipinski definition) is 14. The fourth-order valence-electron chi connectivity index (χ4n) is 5.44. The van der Waals surface area contributed by atoms with Crippen LogP contribution in [0.1, 0.15) is 98.8 Å². The number of alkyl halides is 9. The Bertz CT molecular complexity index is 1850. The molecule has 0 saturated heterocycles. The van der Waals surface area contributed by atoms with E-state index in [9.17, 15) is 83.0 Å². The molecule has 0 aromatic heterocycles. The molecule has 434 valence electrons. The van der Waals surface area contributed by atoms with Crippen molar-refractivity contribution in [3.8, 4) is 0 Å². The number of aliphatic carboxylic acids is 4. The van der Waals surface area contributed by atoms with Crippen LogP contribution in [-0.2, 0) is 52.7 Å². The Morgan fingerprint density at radius 1 is 0.520 bits per heavy atom. The molecule has 0 aromatic carbocycles. The summed E-state index contributed by atoms with van der Waals surface area (Å²) < 4.78 is 94.6. The van der Waals surface area contributed by atoms with Gasteiger partial charge in [-0.25, -0.2) is 0 Å². The number of nitrogens with one attached hydrogen (secondary N) is 7. The minimum atomic E-state index is -5.19. The molecule has 0 aliphatic rings. The quantitative estimate of drug-likeness (QED) is 0.0150. The molecule has 35 heteroatoms. The van der Waals surface area contributed by atoms with Crippen LogP contribution in [0.5, 0.6) is 0 Å². The summed E-state index contributed by atoms with van der Waals surface area (Å²) >= 11 is 0. The van der Waals surface area contributed by atoms with E-state index in [4.69, 9.17) is 41.2 Å². The maximum atomic E-state index is 12.8. The molecule has 0 rings (SSSR count). The smallest absolute Gasteiger partial charge is 0.430 e. The van der Waals surface area contributed by atoms with Gasteiger partial charge in [-0.15, -0.1) is 0 Å². The normalized spacial score (nSPS) is 13.8. The second kappa shape index (κ2) is 37.6. The molecule has 0 radical (unpaired) electrons. The summed E-state index contributed by atoms with van der Waals surface area (Å²) in [6.45, 7) is 8.99. The Morgan fingerprint density at radius 3 is 1.23 bits per heavy atom. The summed E-state index contributed by atoms with van der Waals surface area (Å²) in [5.74, 6) is -13.8. The second-order valence-electron chi connectivity index (χ2n) is 16.2. The number of ketones is 1. The molecule has 0 unspecified atom stereocenters. The summed E-state index contributed by atoms with van der Waals surface area (Å²) in [4.78, 5) is 128. The van der Waals surface area contributed by atoms with Gasteiger partial charge in [-0.2, -0.15) is 39.5 Å². The summed E-state index contributed by atoms with van der Waals surface area (Å²) in [5.41, 5.74) is 18.0. The molecule has 0 fully saturated rings. The highest BCUT2D eigenvalue weighted by molar-refractivity contribution is 5.92. The number of Topliss-reactive ketones (excluding diaryl/α,β-unsaturated/α-hetero) is 1. The Balaban J connectivity index is -0.000000990. The number of quaternary nitrogens is 2. The molecule has 7 atom stereocenters. The predicted molar refractivity (Wildman–Crippen MR) is 230 cm³/mol. The van der Waals surface area contributed by atoms with Gasteiger partial charge in [0.25, 0.3) is 5.91 Å². The lowest BCUT2D eigenvalue weighted by molar-refractivity contribution is -0.459. The molecular formula is C40H66F9N11O15. The molecule has 0 aliphatic heterocycles. The van der Waals surface area contributed by atoms with Crippen molar-refractivity contribution in [2.75, 3.05) is 19.6 Å². The lowest BCUT2D eigenvalue weighted by Gasteiger charge is -2.22. The number of hydrogen-bond donors (Lipinski definition) is 12. The SMILES string of the molecule is C[C@H](NC(=O)[C@H](CCC[NH+]=C(N)N)NC(=O)C[NH3+])C(=O)N[C@@H](C)CC(=O)N[C@@H](C)CC(=O)N[C@@H](C)CC(=O)N[C@@H](C)CC(=O)C[C@@H](CCCC[NH3+])C(=O)O.O=C([O-])C(F)(F)F.O=C([O-])C(F)(F)F.O=C([O-])C(F)(F)F. The number of guanidine groups is 1. The van der Waals surface area contributed by atoms with E-state index in [2.05, 4.69) is 48.4 Å². The molecule has 0 saturated carbocycles. The molecule has 18 N–H and O–H groups in total. The van der Waals surface area contributed by atoms with Gasteiger partial charge in [-0.3, -0.25) is 54.8 Å². The minimum Gasteiger partial charge on any atom is -0.542 e. The van der Waals surface area contributed by atoms with Crippen molar-refractivity contribution in [2.45, 2.75) is 154 Å². The van der Waals surface area contributed by atoms with Crippen LogP contribution < -0.4 is 75.1 Å². The number of carbonyl (C=O) groups excluding carboxylic acids is 10. The number of unbranched alkanes of at least 4 members (excludes halogenated alkanes) is 1. The van der Waals surface area contributed by atoms with E-state index < -0.39 is 114 Å². The molecule has 0 aliphatic carbocycles. The lowest BCUT2D eigenvalue weighted by atomic mass is 9.94. The number of halogens is 9. The van der Waals surface area contributed by atoms with E-state index in [1.807, 2.05) is 0 Å². The number of carbonyl (C=O) groups is 11. The Labute approximate surface area is 422 Å².